The number of nitrogens with zero attached hydrogens (tertiary/aromatic N) is 1. The van der Waals surface area contributed by atoms with E-state index in [2.05, 4.69) is 4.72 Å². The van der Waals surface area contributed by atoms with Crippen LogP contribution in [0.1, 0.15) is 30.5 Å². The van der Waals surface area contributed by atoms with Gasteiger partial charge in [-0.15, -0.1) is 0 Å². The molecule has 0 fully saturated rings. The summed E-state index contributed by atoms with van der Waals surface area (Å²) in [5.74, 6) is -2.68. The van der Waals surface area contributed by atoms with E-state index >= 15 is 0 Å². The van der Waals surface area contributed by atoms with E-state index < -0.39 is 49.2 Å². The SMILES string of the molecule is CNS(=O)(=O)CCCc1cc(F)ccc1C(C)N(c1cc(F)ccc1F)S(=O)(=O)c1ccc(Cl)cc1. The van der Waals surface area contributed by atoms with Crippen molar-refractivity contribution in [3.8, 4) is 0 Å². The molecule has 0 spiro atoms. The minimum Gasteiger partial charge on any atom is -0.256 e. The molecule has 0 aromatic heterocycles. The number of hydrogen-bond acceptors (Lipinski definition) is 4. The van der Waals surface area contributed by atoms with Crippen molar-refractivity contribution in [3.05, 3.63) is 94.3 Å². The molecular formula is C24H24ClF3N2O4S2. The first-order chi connectivity index (χ1) is 16.9. The Hall–Kier alpha value is -2.60. The van der Waals surface area contributed by atoms with E-state index in [0.29, 0.717) is 11.1 Å². The maximum atomic E-state index is 14.9. The molecule has 0 amide bonds. The van der Waals surface area contributed by atoms with Crippen molar-refractivity contribution in [2.75, 3.05) is 17.1 Å². The van der Waals surface area contributed by atoms with Gasteiger partial charge in [0.05, 0.1) is 22.4 Å². The van der Waals surface area contributed by atoms with Crippen molar-refractivity contribution in [3.63, 3.8) is 0 Å². The Balaban J connectivity index is 2.14. The van der Waals surface area contributed by atoms with E-state index in [1.165, 1.54) is 50.4 Å². The van der Waals surface area contributed by atoms with E-state index in [4.69, 9.17) is 11.6 Å². The van der Waals surface area contributed by atoms with Crippen LogP contribution >= 0.6 is 11.6 Å². The van der Waals surface area contributed by atoms with Crippen LogP contribution in [0, 0.1) is 17.5 Å². The summed E-state index contributed by atoms with van der Waals surface area (Å²) in [6, 6.07) is 10.1. The molecule has 0 aliphatic carbocycles. The average Bonchev–Trinajstić information content (AvgIpc) is 2.81. The first kappa shape index (κ1) is 28.0. The van der Waals surface area contributed by atoms with Gasteiger partial charge in [-0.2, -0.15) is 0 Å². The summed E-state index contributed by atoms with van der Waals surface area (Å²) < 4.78 is 97.1. The van der Waals surface area contributed by atoms with E-state index in [1.54, 1.807) is 0 Å². The number of sulfonamides is 2. The second-order valence-corrected chi connectivity index (χ2v) is 12.3. The molecule has 36 heavy (non-hydrogen) atoms. The van der Waals surface area contributed by atoms with E-state index in [9.17, 15) is 30.0 Å². The fraction of sp³-hybridized carbons (Fsp3) is 0.250. The fourth-order valence-electron chi connectivity index (χ4n) is 3.80. The molecule has 3 rings (SSSR count). The molecular weight excluding hydrogens is 537 g/mol. The second kappa shape index (κ2) is 11.2. The Morgan fingerprint density at radius 3 is 2.17 bits per heavy atom. The minimum absolute atomic E-state index is 0.0960. The molecule has 0 heterocycles. The lowest BCUT2D eigenvalue weighted by molar-refractivity contribution is 0.569. The minimum atomic E-state index is -4.46. The molecule has 1 N–H and O–H groups in total. The summed E-state index contributed by atoms with van der Waals surface area (Å²) in [5.41, 5.74) is 0.104. The predicted octanol–water partition coefficient (Wildman–Crippen LogP) is 5.20. The predicted molar refractivity (Wildman–Crippen MR) is 133 cm³/mol. The van der Waals surface area contributed by atoms with Crippen LogP contribution in [0.2, 0.25) is 5.02 Å². The molecule has 3 aromatic rings. The summed E-state index contributed by atoms with van der Waals surface area (Å²) in [4.78, 5) is -0.216. The normalized spacial score (nSPS) is 12.9. The number of nitrogens with one attached hydrogen (secondary N) is 1. The monoisotopic (exact) mass is 560 g/mol. The van der Waals surface area contributed by atoms with Gasteiger partial charge in [0, 0.05) is 11.1 Å². The number of anilines is 1. The zero-order chi connectivity index (χ0) is 26.7. The Morgan fingerprint density at radius 1 is 0.917 bits per heavy atom. The summed E-state index contributed by atoms with van der Waals surface area (Å²) in [7, 11) is -6.71. The lowest BCUT2D eigenvalue weighted by Crippen LogP contribution is -2.35. The largest absolute Gasteiger partial charge is 0.264 e. The lowest BCUT2D eigenvalue weighted by Gasteiger charge is -2.32. The van der Waals surface area contributed by atoms with Gasteiger partial charge in [-0.25, -0.2) is 34.7 Å². The molecule has 0 bridgehead atoms. The fourth-order valence-corrected chi connectivity index (χ4v) is 6.29. The highest BCUT2D eigenvalue weighted by Crippen LogP contribution is 2.37. The van der Waals surface area contributed by atoms with Crippen molar-refractivity contribution in [1.29, 1.82) is 0 Å². The van der Waals surface area contributed by atoms with Crippen molar-refractivity contribution < 1.29 is 30.0 Å². The Kier molecular flexibility index (Phi) is 8.71. The van der Waals surface area contributed by atoms with Gasteiger partial charge in [0.2, 0.25) is 10.0 Å². The van der Waals surface area contributed by atoms with Gasteiger partial charge in [0.25, 0.3) is 10.0 Å². The number of rotatable bonds is 10. The van der Waals surface area contributed by atoms with E-state index in [0.717, 1.165) is 28.6 Å². The third-order valence-electron chi connectivity index (χ3n) is 5.59. The highest BCUT2D eigenvalue weighted by molar-refractivity contribution is 7.92. The molecule has 1 atom stereocenters. The molecule has 0 radical (unpaired) electrons. The summed E-state index contributed by atoms with van der Waals surface area (Å²) in [6.07, 6.45) is 0.212. The third-order valence-corrected chi connectivity index (χ3v) is 9.19. The highest BCUT2D eigenvalue weighted by atomic mass is 35.5. The van der Waals surface area contributed by atoms with Crippen molar-refractivity contribution in [1.82, 2.24) is 4.72 Å². The molecule has 6 nitrogen and oxygen atoms in total. The van der Waals surface area contributed by atoms with Crippen molar-refractivity contribution in [2.24, 2.45) is 0 Å². The van der Waals surface area contributed by atoms with Gasteiger partial charge in [-0.3, -0.25) is 4.31 Å². The molecule has 0 aliphatic rings. The standard InChI is InChI=1S/C24H24ClF3N2O4S2/c1-16(22-11-7-19(26)14-17(22)4-3-13-35(31,32)29-2)30(24-15-20(27)8-12-23(24)28)36(33,34)21-9-5-18(25)6-10-21/h5-12,14-16,29H,3-4,13H2,1-2H3. The van der Waals surface area contributed by atoms with Crippen molar-refractivity contribution in [2.45, 2.75) is 30.7 Å². The van der Waals surface area contributed by atoms with Crippen LogP contribution in [0.3, 0.4) is 0 Å². The maximum absolute atomic E-state index is 14.9. The smallest absolute Gasteiger partial charge is 0.256 e. The molecule has 12 heteroatoms. The molecule has 3 aromatic carbocycles. The number of halogens is 4. The highest BCUT2D eigenvalue weighted by Gasteiger charge is 2.33. The number of hydrogen-bond donors (Lipinski definition) is 1. The van der Waals surface area contributed by atoms with Crippen LogP contribution < -0.4 is 9.03 Å². The van der Waals surface area contributed by atoms with Crippen molar-refractivity contribution >= 4 is 37.3 Å². The summed E-state index contributed by atoms with van der Waals surface area (Å²) >= 11 is 5.89. The van der Waals surface area contributed by atoms with E-state index in [1.807, 2.05) is 0 Å². The second-order valence-electron chi connectivity index (χ2n) is 8.00. The first-order valence-corrected chi connectivity index (χ1v) is 14.3. The Bertz CT molecular complexity index is 1450. The van der Waals surface area contributed by atoms with Gasteiger partial charge in [0.15, 0.2) is 0 Å². The zero-order valence-electron chi connectivity index (χ0n) is 19.4. The molecule has 0 saturated heterocycles. The van der Waals surface area contributed by atoms with Gasteiger partial charge < -0.3 is 0 Å². The Morgan fingerprint density at radius 2 is 1.53 bits per heavy atom. The summed E-state index contributed by atoms with van der Waals surface area (Å²) in [5, 5.41) is 0.280. The van der Waals surface area contributed by atoms with Gasteiger partial charge in [0.1, 0.15) is 17.5 Å². The summed E-state index contributed by atoms with van der Waals surface area (Å²) in [6.45, 7) is 1.46. The number of aryl methyl sites for hydroxylation is 1. The van der Waals surface area contributed by atoms with E-state index in [-0.39, 0.29) is 28.5 Å². The Labute approximate surface area is 213 Å². The van der Waals surface area contributed by atoms with Crippen LogP contribution in [0.5, 0.6) is 0 Å². The third kappa shape index (κ3) is 6.39. The molecule has 0 aliphatic heterocycles. The maximum Gasteiger partial charge on any atom is 0.264 e. The quantitative estimate of drug-likeness (QED) is 0.370. The van der Waals surface area contributed by atoms with Crippen LogP contribution in [0.25, 0.3) is 0 Å². The van der Waals surface area contributed by atoms with Gasteiger partial charge in [-0.05, 0) is 86.5 Å². The number of benzene rings is 3. The van der Waals surface area contributed by atoms with Crippen LogP contribution in [-0.4, -0.2) is 29.6 Å². The molecule has 1 unspecified atom stereocenters. The van der Waals surface area contributed by atoms with Crippen LogP contribution in [-0.2, 0) is 26.5 Å². The topological polar surface area (TPSA) is 83.6 Å². The average molecular weight is 561 g/mol. The lowest BCUT2D eigenvalue weighted by atomic mass is 9.97. The van der Waals surface area contributed by atoms with Gasteiger partial charge in [-0.1, -0.05) is 17.7 Å². The van der Waals surface area contributed by atoms with Crippen LogP contribution in [0.15, 0.2) is 65.6 Å². The molecule has 0 saturated carbocycles. The first-order valence-electron chi connectivity index (χ1n) is 10.8. The zero-order valence-corrected chi connectivity index (χ0v) is 21.8. The van der Waals surface area contributed by atoms with Gasteiger partial charge >= 0.3 is 0 Å². The molecule has 194 valence electrons. The van der Waals surface area contributed by atoms with Crippen LogP contribution in [0.4, 0.5) is 18.9 Å².